The van der Waals surface area contributed by atoms with Gasteiger partial charge in [0.1, 0.15) is 10.7 Å². The minimum absolute atomic E-state index is 0.0496. The number of hydrogen-bond acceptors (Lipinski definition) is 5. The zero-order valence-corrected chi connectivity index (χ0v) is 12.1. The summed E-state index contributed by atoms with van der Waals surface area (Å²) >= 11 is 0. The highest BCUT2D eigenvalue weighted by molar-refractivity contribution is 7.89. The number of piperidine rings is 1. The average molecular weight is 318 g/mol. The van der Waals surface area contributed by atoms with Gasteiger partial charge in [0.25, 0.3) is 5.69 Å². The molecule has 2 unspecified atom stereocenters. The Balaban J connectivity index is 2.40. The van der Waals surface area contributed by atoms with Gasteiger partial charge in [-0.15, -0.1) is 0 Å². The number of sulfonamides is 1. The molecule has 2 atom stereocenters. The quantitative estimate of drug-likeness (QED) is 0.665. The molecule has 0 aliphatic carbocycles. The third kappa shape index (κ3) is 3.04. The van der Waals surface area contributed by atoms with Crippen LogP contribution in [0.2, 0.25) is 0 Å². The second-order valence-electron chi connectivity index (χ2n) is 5.07. The number of hydrogen-bond donors (Lipinski definition) is 1. The fourth-order valence-corrected chi connectivity index (χ4v) is 3.74. The smallest absolute Gasteiger partial charge is 0.270 e. The van der Waals surface area contributed by atoms with Crippen LogP contribution in [0.25, 0.3) is 0 Å². The molecule has 1 aromatic rings. The molecular weight excluding hydrogens is 303 g/mol. The fourth-order valence-electron chi connectivity index (χ4n) is 2.18. The molecule has 0 aromatic heterocycles. The molecule has 0 spiro atoms. The zero-order valence-electron chi connectivity index (χ0n) is 11.3. The second kappa shape index (κ2) is 5.66. The Hall–Kier alpha value is -1.58. The van der Waals surface area contributed by atoms with E-state index in [-0.39, 0.29) is 19.0 Å². The lowest BCUT2D eigenvalue weighted by Gasteiger charge is -2.33. The summed E-state index contributed by atoms with van der Waals surface area (Å²) < 4.78 is 39.5. The molecule has 116 valence electrons. The fraction of sp³-hybridized carbons (Fsp3) is 0.500. The maximum absolute atomic E-state index is 13.8. The highest BCUT2D eigenvalue weighted by Gasteiger charge is 2.35. The molecule has 9 heteroatoms. The van der Waals surface area contributed by atoms with Crippen molar-refractivity contribution in [2.75, 3.05) is 13.1 Å². The van der Waals surface area contributed by atoms with Crippen molar-refractivity contribution in [1.29, 1.82) is 0 Å². The number of halogens is 1. The van der Waals surface area contributed by atoms with Crippen LogP contribution in [0.5, 0.6) is 0 Å². The molecule has 0 bridgehead atoms. The van der Waals surface area contributed by atoms with E-state index in [9.17, 15) is 28.0 Å². The van der Waals surface area contributed by atoms with Gasteiger partial charge in [-0.2, -0.15) is 4.31 Å². The first kappa shape index (κ1) is 15.8. The van der Waals surface area contributed by atoms with E-state index in [4.69, 9.17) is 0 Å². The first-order valence-electron chi connectivity index (χ1n) is 6.35. The Bertz CT molecular complexity index is 664. The van der Waals surface area contributed by atoms with Gasteiger partial charge in [-0.3, -0.25) is 10.1 Å². The van der Waals surface area contributed by atoms with Gasteiger partial charge in [0.05, 0.1) is 11.0 Å². The number of benzene rings is 1. The molecule has 0 saturated carbocycles. The highest BCUT2D eigenvalue weighted by Crippen LogP contribution is 2.27. The van der Waals surface area contributed by atoms with E-state index in [2.05, 4.69) is 0 Å². The number of nitro benzene ring substituents is 1. The average Bonchev–Trinajstić information content (AvgIpc) is 2.41. The molecule has 1 aromatic carbocycles. The summed E-state index contributed by atoms with van der Waals surface area (Å²) in [6, 6.07) is 2.37. The number of rotatable bonds is 3. The minimum Gasteiger partial charge on any atom is -0.391 e. The van der Waals surface area contributed by atoms with Gasteiger partial charge in [-0.05, 0) is 18.4 Å². The van der Waals surface area contributed by atoms with E-state index in [1.54, 1.807) is 6.92 Å². The Morgan fingerprint density at radius 3 is 2.71 bits per heavy atom. The molecule has 21 heavy (non-hydrogen) atoms. The number of non-ortho nitro benzene ring substituents is 1. The predicted octanol–water partition coefficient (Wildman–Crippen LogP) is 1.13. The van der Waals surface area contributed by atoms with Crippen LogP contribution in [-0.4, -0.2) is 41.9 Å². The Morgan fingerprint density at radius 2 is 2.14 bits per heavy atom. The van der Waals surface area contributed by atoms with Gasteiger partial charge in [-0.1, -0.05) is 6.92 Å². The molecule has 1 aliphatic rings. The third-order valence-corrected chi connectivity index (χ3v) is 5.50. The first-order chi connectivity index (χ1) is 9.73. The lowest BCUT2D eigenvalue weighted by Crippen LogP contribution is -2.45. The standard InChI is InChI=1S/C12H15FN2O5S/c1-8-4-5-14(7-11(8)16)21(19,20)12-6-9(15(17)18)2-3-10(12)13/h2-3,6,8,11,16H,4-5,7H2,1H3. The van der Waals surface area contributed by atoms with Gasteiger partial charge in [0, 0.05) is 25.2 Å². The van der Waals surface area contributed by atoms with Gasteiger partial charge in [0.15, 0.2) is 0 Å². The highest BCUT2D eigenvalue weighted by atomic mass is 32.2. The summed E-state index contributed by atoms with van der Waals surface area (Å²) in [5.74, 6) is -1.10. The van der Waals surface area contributed by atoms with Crippen LogP contribution < -0.4 is 0 Å². The number of nitrogens with zero attached hydrogens (tertiary/aromatic N) is 2. The summed E-state index contributed by atoms with van der Waals surface area (Å²) in [7, 11) is -4.21. The first-order valence-corrected chi connectivity index (χ1v) is 7.79. The van der Waals surface area contributed by atoms with Crippen LogP contribution >= 0.6 is 0 Å². The van der Waals surface area contributed by atoms with E-state index < -0.39 is 37.5 Å². The molecule has 1 fully saturated rings. The minimum atomic E-state index is -4.21. The normalized spacial score (nSPS) is 24.0. The molecule has 7 nitrogen and oxygen atoms in total. The van der Waals surface area contributed by atoms with E-state index in [1.165, 1.54) is 0 Å². The van der Waals surface area contributed by atoms with Crippen molar-refractivity contribution < 1.29 is 22.8 Å². The summed E-state index contributed by atoms with van der Waals surface area (Å²) in [5, 5.41) is 20.5. The molecule has 1 N–H and O–H groups in total. The van der Waals surface area contributed by atoms with Gasteiger partial charge in [0.2, 0.25) is 10.0 Å². The van der Waals surface area contributed by atoms with E-state index in [0.29, 0.717) is 12.5 Å². The van der Waals surface area contributed by atoms with Crippen LogP contribution in [0.15, 0.2) is 23.1 Å². The summed E-state index contributed by atoms with van der Waals surface area (Å²) in [6.07, 6.45) is -0.396. The SMILES string of the molecule is CC1CCN(S(=O)(=O)c2cc([N+](=O)[O-])ccc2F)CC1O. The van der Waals surface area contributed by atoms with Crippen molar-refractivity contribution in [3.8, 4) is 0 Å². The van der Waals surface area contributed by atoms with Crippen molar-refractivity contribution in [3.63, 3.8) is 0 Å². The van der Waals surface area contributed by atoms with Crippen LogP contribution in [0.4, 0.5) is 10.1 Å². The van der Waals surface area contributed by atoms with Crippen molar-refractivity contribution in [2.24, 2.45) is 5.92 Å². The molecule has 2 rings (SSSR count). The molecule has 0 amide bonds. The third-order valence-electron chi connectivity index (χ3n) is 3.62. The summed E-state index contributed by atoms with van der Waals surface area (Å²) in [5.41, 5.74) is -0.499. The van der Waals surface area contributed by atoms with Crippen LogP contribution in [-0.2, 0) is 10.0 Å². The number of aliphatic hydroxyl groups excluding tert-OH is 1. The number of aliphatic hydroxyl groups is 1. The topological polar surface area (TPSA) is 101 Å². The second-order valence-corrected chi connectivity index (χ2v) is 6.97. The molecule has 1 aliphatic heterocycles. The van der Waals surface area contributed by atoms with E-state index in [1.807, 2.05) is 0 Å². The van der Waals surface area contributed by atoms with Crippen LogP contribution in [0, 0.1) is 21.8 Å². The predicted molar refractivity (Wildman–Crippen MR) is 71.6 cm³/mol. The van der Waals surface area contributed by atoms with Gasteiger partial charge < -0.3 is 5.11 Å². The van der Waals surface area contributed by atoms with E-state index >= 15 is 0 Å². The zero-order chi connectivity index (χ0) is 15.8. The van der Waals surface area contributed by atoms with Crippen molar-refractivity contribution in [1.82, 2.24) is 4.31 Å². The number of nitro groups is 1. The van der Waals surface area contributed by atoms with Crippen LogP contribution in [0.1, 0.15) is 13.3 Å². The lowest BCUT2D eigenvalue weighted by atomic mass is 9.98. The summed E-state index contributed by atoms with van der Waals surface area (Å²) in [4.78, 5) is 9.17. The van der Waals surface area contributed by atoms with Crippen LogP contribution in [0.3, 0.4) is 0 Å². The number of β-amino-alcohol motifs (C(OH)–C–C–N with tert-alkyl or cyclic N) is 1. The van der Waals surface area contributed by atoms with Gasteiger partial charge in [-0.25, -0.2) is 12.8 Å². The molecular formula is C12H15FN2O5S. The maximum atomic E-state index is 13.8. The largest absolute Gasteiger partial charge is 0.391 e. The molecule has 1 heterocycles. The Kier molecular flexibility index (Phi) is 4.26. The summed E-state index contributed by atoms with van der Waals surface area (Å²) in [6.45, 7) is 1.79. The lowest BCUT2D eigenvalue weighted by molar-refractivity contribution is -0.385. The van der Waals surface area contributed by atoms with Crippen molar-refractivity contribution in [3.05, 3.63) is 34.1 Å². The van der Waals surface area contributed by atoms with Crippen molar-refractivity contribution in [2.45, 2.75) is 24.3 Å². The monoisotopic (exact) mass is 318 g/mol. The van der Waals surface area contributed by atoms with Crippen molar-refractivity contribution >= 4 is 15.7 Å². The molecule has 0 radical (unpaired) electrons. The van der Waals surface area contributed by atoms with E-state index in [0.717, 1.165) is 16.4 Å². The maximum Gasteiger partial charge on any atom is 0.270 e. The Morgan fingerprint density at radius 1 is 1.48 bits per heavy atom. The molecule has 1 saturated heterocycles. The Labute approximate surface area is 121 Å². The van der Waals surface area contributed by atoms with Gasteiger partial charge >= 0.3 is 0 Å².